The van der Waals surface area contributed by atoms with E-state index < -0.39 is 0 Å². The van der Waals surface area contributed by atoms with Gasteiger partial charge in [0, 0.05) is 16.8 Å². The molecule has 0 radical (unpaired) electrons. The second kappa shape index (κ2) is 5.02. The third-order valence-corrected chi connectivity index (χ3v) is 3.97. The molecule has 0 bridgehead atoms. The van der Waals surface area contributed by atoms with Crippen molar-refractivity contribution in [3.05, 3.63) is 39.7 Å². The first kappa shape index (κ1) is 12.3. The van der Waals surface area contributed by atoms with Crippen molar-refractivity contribution in [3.8, 4) is 0 Å². The Morgan fingerprint density at radius 3 is 2.71 bits per heavy atom. The number of halogens is 1. The highest BCUT2D eigenvalue weighted by atomic mass is 35.5. The van der Waals surface area contributed by atoms with Gasteiger partial charge in [0.25, 0.3) is 0 Å². The summed E-state index contributed by atoms with van der Waals surface area (Å²) < 4.78 is 0. The molecule has 0 saturated carbocycles. The van der Waals surface area contributed by atoms with Crippen LogP contribution in [0.2, 0.25) is 5.15 Å². The summed E-state index contributed by atoms with van der Waals surface area (Å²) in [6.07, 6.45) is 0. The zero-order valence-corrected chi connectivity index (χ0v) is 11.3. The fourth-order valence-electron chi connectivity index (χ4n) is 1.47. The molecule has 0 spiro atoms. The zero-order valence-electron chi connectivity index (χ0n) is 9.77. The molecule has 2 aromatic heterocycles. The molecule has 90 valence electrons. The Morgan fingerprint density at radius 2 is 2.12 bits per heavy atom. The molecule has 2 aromatic rings. The fourth-order valence-corrected chi connectivity index (χ4v) is 2.43. The molecule has 2 rings (SSSR count). The maximum Gasteiger partial charge on any atom is 0.151 e. The lowest BCUT2D eigenvalue weighted by molar-refractivity contribution is 0.568. The van der Waals surface area contributed by atoms with E-state index >= 15 is 0 Å². The summed E-state index contributed by atoms with van der Waals surface area (Å²) in [5, 5.41) is 13.6. The van der Waals surface area contributed by atoms with E-state index in [0.29, 0.717) is 5.15 Å². The quantitative estimate of drug-likeness (QED) is 0.920. The topological polar surface area (TPSA) is 37.8 Å². The molecule has 1 N–H and O–H groups in total. The van der Waals surface area contributed by atoms with Gasteiger partial charge in [0.05, 0.1) is 0 Å². The van der Waals surface area contributed by atoms with Crippen molar-refractivity contribution in [2.45, 2.75) is 19.3 Å². The van der Waals surface area contributed by atoms with E-state index in [1.54, 1.807) is 17.4 Å². The van der Waals surface area contributed by atoms with Crippen LogP contribution in [-0.2, 0) is 5.41 Å². The minimum absolute atomic E-state index is 0.0789. The molecule has 0 saturated heterocycles. The summed E-state index contributed by atoms with van der Waals surface area (Å²) in [7, 11) is 0. The van der Waals surface area contributed by atoms with Crippen molar-refractivity contribution in [1.82, 2.24) is 10.2 Å². The van der Waals surface area contributed by atoms with Crippen molar-refractivity contribution in [2.75, 3.05) is 11.9 Å². The van der Waals surface area contributed by atoms with Gasteiger partial charge in [0.2, 0.25) is 0 Å². The van der Waals surface area contributed by atoms with Crippen molar-refractivity contribution in [1.29, 1.82) is 0 Å². The summed E-state index contributed by atoms with van der Waals surface area (Å²) in [4.78, 5) is 1.35. The van der Waals surface area contributed by atoms with Gasteiger partial charge in [-0.15, -0.1) is 21.5 Å². The lowest BCUT2D eigenvalue weighted by Crippen LogP contribution is -2.26. The van der Waals surface area contributed by atoms with E-state index in [9.17, 15) is 0 Å². The summed E-state index contributed by atoms with van der Waals surface area (Å²) in [5.41, 5.74) is 0.0789. The Labute approximate surface area is 110 Å². The van der Waals surface area contributed by atoms with Gasteiger partial charge in [-0.1, -0.05) is 31.5 Å². The largest absolute Gasteiger partial charge is 0.368 e. The normalized spacial score (nSPS) is 11.5. The van der Waals surface area contributed by atoms with Crippen molar-refractivity contribution in [3.63, 3.8) is 0 Å². The lowest BCUT2D eigenvalue weighted by Gasteiger charge is -2.23. The van der Waals surface area contributed by atoms with Gasteiger partial charge in [-0.05, 0) is 23.6 Å². The van der Waals surface area contributed by atoms with Crippen LogP contribution in [0.4, 0.5) is 5.82 Å². The number of rotatable bonds is 4. The standard InChI is InChI=1S/C12H14ClN3S/c1-12(2,9-4-3-7-17-9)8-14-11-6-5-10(13)15-16-11/h3-7H,8H2,1-2H3,(H,14,16). The van der Waals surface area contributed by atoms with Crippen LogP contribution in [0.5, 0.6) is 0 Å². The van der Waals surface area contributed by atoms with Crippen LogP contribution in [-0.4, -0.2) is 16.7 Å². The maximum absolute atomic E-state index is 5.68. The molecular weight excluding hydrogens is 254 g/mol. The Morgan fingerprint density at radius 1 is 1.29 bits per heavy atom. The van der Waals surface area contributed by atoms with Crippen molar-refractivity contribution >= 4 is 28.8 Å². The summed E-state index contributed by atoms with van der Waals surface area (Å²) >= 11 is 7.45. The maximum atomic E-state index is 5.68. The highest BCUT2D eigenvalue weighted by Crippen LogP contribution is 2.27. The third kappa shape index (κ3) is 3.17. The molecule has 0 aromatic carbocycles. The predicted octanol–water partition coefficient (Wildman–Crippen LogP) is 3.58. The number of nitrogens with one attached hydrogen (secondary N) is 1. The second-order valence-electron chi connectivity index (χ2n) is 4.46. The van der Waals surface area contributed by atoms with Crippen LogP contribution in [0.15, 0.2) is 29.6 Å². The SMILES string of the molecule is CC(C)(CNc1ccc(Cl)nn1)c1cccs1. The molecule has 5 heteroatoms. The van der Waals surface area contributed by atoms with E-state index in [0.717, 1.165) is 12.4 Å². The second-order valence-corrected chi connectivity index (χ2v) is 5.79. The van der Waals surface area contributed by atoms with Crippen LogP contribution < -0.4 is 5.32 Å². The van der Waals surface area contributed by atoms with Gasteiger partial charge in [-0.25, -0.2) is 0 Å². The first-order valence-electron chi connectivity index (χ1n) is 5.35. The molecule has 2 heterocycles. The summed E-state index contributed by atoms with van der Waals surface area (Å²) in [6, 6.07) is 7.79. The van der Waals surface area contributed by atoms with Gasteiger partial charge in [-0.2, -0.15) is 0 Å². The smallest absolute Gasteiger partial charge is 0.151 e. The van der Waals surface area contributed by atoms with Crippen LogP contribution >= 0.6 is 22.9 Å². The molecule has 17 heavy (non-hydrogen) atoms. The van der Waals surface area contributed by atoms with E-state index in [1.165, 1.54) is 4.88 Å². The number of hydrogen-bond donors (Lipinski definition) is 1. The fraction of sp³-hybridized carbons (Fsp3) is 0.333. The molecule has 3 nitrogen and oxygen atoms in total. The van der Waals surface area contributed by atoms with Gasteiger partial charge in [0.1, 0.15) is 5.82 Å². The Kier molecular flexibility index (Phi) is 3.64. The number of thiophene rings is 1. The Bertz CT molecular complexity index is 465. The molecule has 0 unspecified atom stereocenters. The van der Waals surface area contributed by atoms with Gasteiger partial charge >= 0.3 is 0 Å². The number of nitrogens with zero attached hydrogens (tertiary/aromatic N) is 2. The average Bonchev–Trinajstić information content (AvgIpc) is 2.82. The minimum Gasteiger partial charge on any atom is -0.368 e. The monoisotopic (exact) mass is 267 g/mol. The molecule has 0 fully saturated rings. The zero-order chi connectivity index (χ0) is 12.3. The van der Waals surface area contributed by atoms with Crippen LogP contribution in [0.25, 0.3) is 0 Å². The minimum atomic E-state index is 0.0789. The molecule has 0 aliphatic heterocycles. The molecule has 0 aliphatic rings. The highest BCUT2D eigenvalue weighted by Gasteiger charge is 2.21. The molecule has 0 amide bonds. The summed E-state index contributed by atoms with van der Waals surface area (Å²) in [5.74, 6) is 0.749. The van der Waals surface area contributed by atoms with Gasteiger partial charge < -0.3 is 5.32 Å². The van der Waals surface area contributed by atoms with Gasteiger partial charge in [-0.3, -0.25) is 0 Å². The molecule has 0 aliphatic carbocycles. The lowest BCUT2D eigenvalue weighted by atomic mass is 9.91. The average molecular weight is 268 g/mol. The highest BCUT2D eigenvalue weighted by molar-refractivity contribution is 7.10. The van der Waals surface area contributed by atoms with Crippen LogP contribution in [0.1, 0.15) is 18.7 Å². The first-order chi connectivity index (χ1) is 8.08. The van der Waals surface area contributed by atoms with Crippen molar-refractivity contribution in [2.24, 2.45) is 0 Å². The predicted molar refractivity (Wildman–Crippen MR) is 72.9 cm³/mol. The Hall–Kier alpha value is -1.13. The van der Waals surface area contributed by atoms with Crippen LogP contribution in [0, 0.1) is 0 Å². The summed E-state index contributed by atoms with van der Waals surface area (Å²) in [6.45, 7) is 5.22. The van der Waals surface area contributed by atoms with Gasteiger partial charge in [0.15, 0.2) is 5.15 Å². The first-order valence-corrected chi connectivity index (χ1v) is 6.61. The molecule has 0 atom stereocenters. The number of hydrogen-bond acceptors (Lipinski definition) is 4. The van der Waals surface area contributed by atoms with E-state index in [-0.39, 0.29) is 5.41 Å². The Balaban J connectivity index is 2.00. The van der Waals surface area contributed by atoms with E-state index in [4.69, 9.17) is 11.6 Å². The number of aromatic nitrogens is 2. The number of anilines is 1. The van der Waals surface area contributed by atoms with E-state index in [2.05, 4.69) is 46.9 Å². The van der Waals surface area contributed by atoms with Crippen LogP contribution in [0.3, 0.4) is 0 Å². The third-order valence-electron chi connectivity index (χ3n) is 2.53. The van der Waals surface area contributed by atoms with Crippen molar-refractivity contribution < 1.29 is 0 Å². The van der Waals surface area contributed by atoms with E-state index in [1.807, 2.05) is 6.07 Å². The molecular formula is C12H14ClN3S.